The Morgan fingerprint density at radius 3 is 1.86 bits per heavy atom. The Balaban J connectivity index is 1.56. The minimum Gasteiger partial charge on any atom is -0.366 e. The summed E-state index contributed by atoms with van der Waals surface area (Å²) in [7, 11) is 0. The molecule has 0 aliphatic heterocycles. The van der Waals surface area contributed by atoms with E-state index in [9.17, 15) is 14.4 Å². The van der Waals surface area contributed by atoms with Crippen LogP contribution < -0.4 is 16.4 Å². The number of nitrogens with two attached hydrogens (primary N) is 1. The van der Waals surface area contributed by atoms with Crippen molar-refractivity contribution in [1.29, 1.82) is 0 Å². The first-order valence-corrected chi connectivity index (χ1v) is 8.66. The average molecular weight is 373 g/mol. The molecule has 0 saturated carbocycles. The van der Waals surface area contributed by atoms with Crippen molar-refractivity contribution in [3.05, 3.63) is 101 Å². The molecule has 3 aromatic rings. The molecule has 6 nitrogen and oxygen atoms in total. The van der Waals surface area contributed by atoms with Crippen LogP contribution in [0, 0.1) is 0 Å². The molecule has 0 spiro atoms. The average Bonchev–Trinajstić information content (AvgIpc) is 2.73. The van der Waals surface area contributed by atoms with Crippen molar-refractivity contribution in [2.24, 2.45) is 5.73 Å². The molecule has 140 valence electrons. The molecule has 0 aromatic heterocycles. The topological polar surface area (TPSA) is 101 Å². The number of amides is 3. The van der Waals surface area contributed by atoms with Crippen LogP contribution in [0.3, 0.4) is 0 Å². The molecule has 0 saturated heterocycles. The van der Waals surface area contributed by atoms with Gasteiger partial charge in [0.2, 0.25) is 5.91 Å². The number of nitrogens with one attached hydrogen (secondary N) is 2. The third-order valence-corrected chi connectivity index (χ3v) is 4.13. The van der Waals surface area contributed by atoms with Crippen LogP contribution in [0.5, 0.6) is 0 Å². The zero-order chi connectivity index (χ0) is 19.9. The highest BCUT2D eigenvalue weighted by Crippen LogP contribution is 2.12. The summed E-state index contributed by atoms with van der Waals surface area (Å²) in [5, 5.41) is 5.60. The van der Waals surface area contributed by atoms with Gasteiger partial charge < -0.3 is 16.4 Å². The van der Waals surface area contributed by atoms with Crippen molar-refractivity contribution < 1.29 is 14.4 Å². The molecule has 4 N–H and O–H groups in total. The van der Waals surface area contributed by atoms with E-state index in [1.807, 2.05) is 18.2 Å². The van der Waals surface area contributed by atoms with E-state index < -0.39 is 5.91 Å². The summed E-state index contributed by atoms with van der Waals surface area (Å²) < 4.78 is 0. The molecule has 0 atom stereocenters. The molecule has 0 aliphatic carbocycles. The summed E-state index contributed by atoms with van der Waals surface area (Å²) in [4.78, 5) is 35.5. The molecular formula is C22H19N3O3. The van der Waals surface area contributed by atoms with Gasteiger partial charge in [-0.3, -0.25) is 14.4 Å². The van der Waals surface area contributed by atoms with Crippen LogP contribution in [0.4, 0.5) is 5.69 Å². The first-order chi connectivity index (χ1) is 13.5. The lowest BCUT2D eigenvalue weighted by Gasteiger charge is -2.08. The zero-order valence-electron chi connectivity index (χ0n) is 15.0. The number of primary amides is 1. The predicted molar refractivity (Wildman–Crippen MR) is 107 cm³/mol. The number of rotatable bonds is 6. The summed E-state index contributed by atoms with van der Waals surface area (Å²) >= 11 is 0. The van der Waals surface area contributed by atoms with Crippen molar-refractivity contribution >= 4 is 23.4 Å². The number of carbonyl (C=O) groups excluding carboxylic acids is 3. The lowest BCUT2D eigenvalue weighted by molar-refractivity contribution is 0.0948. The van der Waals surface area contributed by atoms with Gasteiger partial charge in [-0.05, 0) is 54.1 Å². The van der Waals surface area contributed by atoms with Gasteiger partial charge in [-0.25, -0.2) is 0 Å². The maximum Gasteiger partial charge on any atom is 0.255 e. The van der Waals surface area contributed by atoms with Crippen LogP contribution >= 0.6 is 0 Å². The number of hydrogen-bond donors (Lipinski definition) is 3. The van der Waals surface area contributed by atoms with Gasteiger partial charge in [0.05, 0.1) is 0 Å². The molecule has 3 aromatic carbocycles. The van der Waals surface area contributed by atoms with Crippen LogP contribution in [0.1, 0.15) is 36.6 Å². The lowest BCUT2D eigenvalue weighted by atomic mass is 10.1. The fourth-order valence-corrected chi connectivity index (χ4v) is 2.57. The maximum absolute atomic E-state index is 12.3. The zero-order valence-corrected chi connectivity index (χ0v) is 15.0. The normalized spacial score (nSPS) is 10.1. The lowest BCUT2D eigenvalue weighted by Crippen LogP contribution is -2.22. The van der Waals surface area contributed by atoms with E-state index in [0.29, 0.717) is 28.9 Å². The quantitative estimate of drug-likeness (QED) is 0.619. The number of carbonyl (C=O) groups is 3. The Hall–Kier alpha value is -3.93. The number of benzene rings is 3. The van der Waals surface area contributed by atoms with E-state index in [-0.39, 0.29) is 11.8 Å². The summed E-state index contributed by atoms with van der Waals surface area (Å²) in [6.07, 6.45) is 0. The standard InChI is InChI=1S/C22H19N3O3/c23-20(26)16-10-12-19(13-11-16)25-22(28)18-8-6-15(7-9-18)14-24-21(27)17-4-2-1-3-5-17/h1-13H,14H2,(H2,23,26)(H,24,27)(H,25,28). The number of hydrogen-bond acceptors (Lipinski definition) is 3. The second-order valence-electron chi connectivity index (χ2n) is 6.14. The third kappa shape index (κ3) is 4.82. The minimum absolute atomic E-state index is 0.151. The molecule has 0 bridgehead atoms. The highest BCUT2D eigenvalue weighted by atomic mass is 16.2. The molecule has 3 rings (SSSR count). The van der Waals surface area contributed by atoms with Gasteiger partial charge in [0, 0.05) is 28.9 Å². The molecule has 0 unspecified atom stereocenters. The highest BCUT2D eigenvalue weighted by molar-refractivity contribution is 6.04. The van der Waals surface area contributed by atoms with E-state index in [1.165, 1.54) is 0 Å². The van der Waals surface area contributed by atoms with Crippen LogP contribution in [0.25, 0.3) is 0 Å². The van der Waals surface area contributed by atoms with E-state index in [2.05, 4.69) is 10.6 Å². The summed E-state index contributed by atoms with van der Waals surface area (Å²) in [6.45, 7) is 0.365. The molecular weight excluding hydrogens is 354 g/mol. The Bertz CT molecular complexity index is 982. The third-order valence-electron chi connectivity index (χ3n) is 4.13. The van der Waals surface area contributed by atoms with Crippen LogP contribution in [-0.4, -0.2) is 17.7 Å². The molecule has 0 heterocycles. The van der Waals surface area contributed by atoms with E-state index >= 15 is 0 Å². The fourth-order valence-electron chi connectivity index (χ4n) is 2.57. The SMILES string of the molecule is NC(=O)c1ccc(NC(=O)c2ccc(CNC(=O)c3ccccc3)cc2)cc1. The Kier molecular flexibility index (Phi) is 5.81. The first-order valence-electron chi connectivity index (χ1n) is 8.66. The monoisotopic (exact) mass is 373 g/mol. The maximum atomic E-state index is 12.3. The first kappa shape index (κ1) is 18.8. The molecule has 3 amide bonds. The Morgan fingerprint density at radius 1 is 0.679 bits per heavy atom. The highest BCUT2D eigenvalue weighted by Gasteiger charge is 2.08. The van der Waals surface area contributed by atoms with Crippen LogP contribution in [-0.2, 0) is 6.54 Å². The second-order valence-corrected chi connectivity index (χ2v) is 6.14. The van der Waals surface area contributed by atoms with Crippen molar-refractivity contribution in [1.82, 2.24) is 5.32 Å². The van der Waals surface area contributed by atoms with Crippen molar-refractivity contribution in [2.75, 3.05) is 5.32 Å². The van der Waals surface area contributed by atoms with Crippen LogP contribution in [0.15, 0.2) is 78.9 Å². The Morgan fingerprint density at radius 2 is 1.25 bits per heavy atom. The van der Waals surface area contributed by atoms with Crippen molar-refractivity contribution in [2.45, 2.75) is 6.54 Å². The van der Waals surface area contributed by atoms with Gasteiger partial charge in [0.1, 0.15) is 0 Å². The molecule has 0 radical (unpaired) electrons. The number of anilines is 1. The fraction of sp³-hybridized carbons (Fsp3) is 0.0455. The molecule has 28 heavy (non-hydrogen) atoms. The summed E-state index contributed by atoms with van der Waals surface area (Å²) in [5.74, 6) is -0.943. The van der Waals surface area contributed by atoms with Gasteiger partial charge >= 0.3 is 0 Å². The summed E-state index contributed by atoms with van der Waals surface area (Å²) in [5.41, 5.74) is 8.10. The van der Waals surface area contributed by atoms with Gasteiger partial charge in [0.25, 0.3) is 11.8 Å². The Labute approximate surface area is 162 Å². The van der Waals surface area contributed by atoms with Gasteiger partial charge in [-0.1, -0.05) is 30.3 Å². The van der Waals surface area contributed by atoms with Crippen molar-refractivity contribution in [3.8, 4) is 0 Å². The molecule has 0 aliphatic rings. The molecule has 6 heteroatoms. The largest absolute Gasteiger partial charge is 0.366 e. The minimum atomic E-state index is -0.521. The molecule has 0 fully saturated rings. The second kappa shape index (κ2) is 8.64. The predicted octanol–water partition coefficient (Wildman–Crippen LogP) is 2.97. The van der Waals surface area contributed by atoms with E-state index in [1.54, 1.807) is 60.7 Å². The van der Waals surface area contributed by atoms with Crippen molar-refractivity contribution in [3.63, 3.8) is 0 Å². The summed E-state index contributed by atoms with van der Waals surface area (Å²) in [6, 6.07) is 22.3. The van der Waals surface area contributed by atoms with Crippen LogP contribution in [0.2, 0.25) is 0 Å². The van der Waals surface area contributed by atoms with Gasteiger partial charge in [0.15, 0.2) is 0 Å². The van der Waals surface area contributed by atoms with Gasteiger partial charge in [-0.15, -0.1) is 0 Å². The smallest absolute Gasteiger partial charge is 0.255 e. The van der Waals surface area contributed by atoms with E-state index in [0.717, 1.165) is 5.56 Å². The van der Waals surface area contributed by atoms with E-state index in [4.69, 9.17) is 5.73 Å². The van der Waals surface area contributed by atoms with Gasteiger partial charge in [-0.2, -0.15) is 0 Å².